The first-order chi connectivity index (χ1) is 12.2. The number of fused-ring (bicyclic) bond motifs is 1. The Balaban J connectivity index is 1.83. The van der Waals surface area contributed by atoms with Crippen LogP contribution in [0.4, 0.5) is 0 Å². The lowest BCUT2D eigenvalue weighted by Gasteiger charge is -2.08. The summed E-state index contributed by atoms with van der Waals surface area (Å²) in [5.41, 5.74) is 2.41. The number of aryl methyl sites for hydroxylation is 1. The number of nitrogens with zero attached hydrogens (tertiary/aromatic N) is 3. The van der Waals surface area contributed by atoms with Crippen LogP contribution >= 0.6 is 11.8 Å². The van der Waals surface area contributed by atoms with Crippen LogP contribution in [0.15, 0.2) is 53.7 Å². The van der Waals surface area contributed by atoms with Crippen LogP contribution in [-0.2, 0) is 6.54 Å². The minimum absolute atomic E-state index is 0.0126. The summed E-state index contributed by atoms with van der Waals surface area (Å²) in [6.07, 6.45) is 0.397. The third-order valence-electron chi connectivity index (χ3n) is 3.81. The Morgan fingerprint density at radius 3 is 2.80 bits per heavy atom. The molecule has 0 aliphatic carbocycles. The number of ether oxygens (including phenoxy) is 1. The zero-order valence-electron chi connectivity index (χ0n) is 13.8. The largest absolute Gasteiger partial charge is 0.496 e. The highest BCUT2D eigenvalue weighted by Crippen LogP contribution is 2.26. The van der Waals surface area contributed by atoms with Crippen molar-refractivity contribution in [2.24, 2.45) is 0 Å². The molecule has 3 rings (SSSR count). The van der Waals surface area contributed by atoms with Gasteiger partial charge in [0.1, 0.15) is 5.75 Å². The highest BCUT2D eigenvalue weighted by molar-refractivity contribution is 7.99. The molecule has 0 aliphatic rings. The maximum atomic E-state index is 12.5. The van der Waals surface area contributed by atoms with Gasteiger partial charge < -0.3 is 9.30 Å². The first kappa shape index (κ1) is 17.1. The summed E-state index contributed by atoms with van der Waals surface area (Å²) in [4.78, 5) is 17.2. The summed E-state index contributed by atoms with van der Waals surface area (Å²) in [5, 5.41) is 9.64. The summed E-state index contributed by atoms with van der Waals surface area (Å²) < 4.78 is 7.26. The van der Waals surface area contributed by atoms with E-state index in [-0.39, 0.29) is 11.5 Å². The number of hydrogen-bond acceptors (Lipinski definition) is 5. The maximum Gasteiger partial charge on any atom is 0.176 e. The number of carbonyl (C=O) groups is 1. The number of methoxy groups -OCH3 is 1. The fourth-order valence-electron chi connectivity index (χ4n) is 2.62. The van der Waals surface area contributed by atoms with E-state index < -0.39 is 0 Å². The van der Waals surface area contributed by atoms with Crippen LogP contribution in [0.1, 0.15) is 16.8 Å². The highest BCUT2D eigenvalue weighted by Gasteiger charge is 2.15. The lowest BCUT2D eigenvalue weighted by atomic mass is 10.1. The molecule has 0 saturated heterocycles. The van der Waals surface area contributed by atoms with Crippen molar-refractivity contribution in [2.45, 2.75) is 18.1 Å². The van der Waals surface area contributed by atoms with E-state index in [0.29, 0.717) is 24.3 Å². The molecule has 3 aromatic rings. The second-order valence-corrected chi connectivity index (χ2v) is 6.30. The Morgan fingerprint density at radius 1 is 1.24 bits per heavy atom. The molecule has 1 heterocycles. The molecule has 0 bridgehead atoms. The maximum absolute atomic E-state index is 12.5. The van der Waals surface area contributed by atoms with E-state index >= 15 is 0 Å². The standard InChI is InChI=1S/C19H17N3O2S/c1-24-18-10-5-2-7-14(18)17(23)13-25-19-21-15-8-3-4-9-16(15)22(19)12-6-11-20/h2-5,7-10H,6,12-13H2,1H3. The number of imidazole rings is 1. The molecule has 0 N–H and O–H groups in total. The Hall–Kier alpha value is -2.78. The van der Waals surface area contributed by atoms with Gasteiger partial charge in [-0.2, -0.15) is 5.26 Å². The van der Waals surface area contributed by atoms with Crippen LogP contribution in [0.3, 0.4) is 0 Å². The van der Waals surface area contributed by atoms with Crippen LogP contribution in [-0.4, -0.2) is 28.2 Å². The van der Waals surface area contributed by atoms with Crippen LogP contribution in [0.5, 0.6) is 5.75 Å². The quantitative estimate of drug-likeness (QED) is 0.476. The van der Waals surface area contributed by atoms with Crippen molar-refractivity contribution < 1.29 is 9.53 Å². The highest BCUT2D eigenvalue weighted by atomic mass is 32.2. The molecule has 25 heavy (non-hydrogen) atoms. The van der Waals surface area contributed by atoms with Crippen LogP contribution < -0.4 is 4.74 Å². The van der Waals surface area contributed by atoms with E-state index in [4.69, 9.17) is 10.00 Å². The molecular formula is C19H17N3O2S. The fraction of sp³-hybridized carbons (Fsp3) is 0.211. The van der Waals surface area contributed by atoms with E-state index in [2.05, 4.69) is 11.1 Å². The van der Waals surface area contributed by atoms with Crippen molar-refractivity contribution in [3.05, 3.63) is 54.1 Å². The molecule has 0 amide bonds. The molecule has 0 aliphatic heterocycles. The first-order valence-corrected chi connectivity index (χ1v) is 8.84. The second-order valence-electron chi connectivity index (χ2n) is 5.35. The molecule has 0 atom stereocenters. The summed E-state index contributed by atoms with van der Waals surface area (Å²) in [6.45, 7) is 0.558. The van der Waals surface area contributed by atoms with E-state index in [1.807, 2.05) is 41.0 Å². The third kappa shape index (κ3) is 3.67. The predicted octanol–water partition coefficient (Wildman–Crippen LogP) is 3.93. The second kappa shape index (κ2) is 7.86. The molecule has 0 spiro atoms. The number of rotatable bonds is 7. The normalized spacial score (nSPS) is 10.6. The van der Waals surface area contributed by atoms with Crippen LogP contribution in [0.2, 0.25) is 0 Å². The number of benzene rings is 2. The number of para-hydroxylation sites is 3. The van der Waals surface area contributed by atoms with Gasteiger partial charge >= 0.3 is 0 Å². The molecule has 0 saturated carbocycles. The van der Waals surface area contributed by atoms with Gasteiger partial charge in [-0.25, -0.2) is 4.98 Å². The molecule has 6 heteroatoms. The Labute approximate surface area is 150 Å². The fourth-order valence-corrected chi connectivity index (χ4v) is 3.55. The van der Waals surface area contributed by atoms with Gasteiger partial charge in [0.05, 0.1) is 41.9 Å². The minimum atomic E-state index is -0.0126. The number of aromatic nitrogens is 2. The molecule has 126 valence electrons. The third-order valence-corrected chi connectivity index (χ3v) is 4.78. The lowest BCUT2D eigenvalue weighted by molar-refractivity contribution is 0.101. The SMILES string of the molecule is COc1ccccc1C(=O)CSc1nc2ccccc2n1CCC#N. The van der Waals surface area contributed by atoms with Crippen molar-refractivity contribution in [3.63, 3.8) is 0 Å². The van der Waals surface area contributed by atoms with Gasteiger partial charge in [0, 0.05) is 6.54 Å². The Kier molecular flexibility index (Phi) is 5.36. The molecule has 1 aromatic heterocycles. The number of thioether (sulfide) groups is 1. The van der Waals surface area contributed by atoms with Gasteiger partial charge in [-0.1, -0.05) is 36.0 Å². The van der Waals surface area contributed by atoms with E-state index in [9.17, 15) is 4.79 Å². The summed E-state index contributed by atoms with van der Waals surface area (Å²) in [6, 6.07) is 17.2. The van der Waals surface area contributed by atoms with Crippen molar-refractivity contribution in [3.8, 4) is 11.8 Å². The van der Waals surface area contributed by atoms with Gasteiger partial charge in [-0.15, -0.1) is 0 Å². The Morgan fingerprint density at radius 2 is 2.00 bits per heavy atom. The van der Waals surface area contributed by atoms with Crippen molar-refractivity contribution in [2.75, 3.05) is 12.9 Å². The van der Waals surface area contributed by atoms with Crippen LogP contribution in [0, 0.1) is 11.3 Å². The van der Waals surface area contributed by atoms with E-state index in [1.54, 1.807) is 19.2 Å². The van der Waals surface area contributed by atoms with Crippen molar-refractivity contribution in [1.29, 1.82) is 5.26 Å². The van der Waals surface area contributed by atoms with Gasteiger partial charge in [-0.3, -0.25) is 4.79 Å². The molecule has 0 fully saturated rings. The number of hydrogen-bond donors (Lipinski definition) is 0. The molecule has 5 nitrogen and oxygen atoms in total. The van der Waals surface area contributed by atoms with Gasteiger partial charge in [0.2, 0.25) is 0 Å². The van der Waals surface area contributed by atoms with E-state index in [1.165, 1.54) is 11.8 Å². The minimum Gasteiger partial charge on any atom is -0.496 e. The summed E-state index contributed by atoms with van der Waals surface area (Å²) in [5.74, 6) is 0.823. The van der Waals surface area contributed by atoms with Crippen LogP contribution in [0.25, 0.3) is 11.0 Å². The number of nitriles is 1. The number of carbonyl (C=O) groups excluding carboxylic acids is 1. The van der Waals surface area contributed by atoms with Gasteiger partial charge in [-0.05, 0) is 24.3 Å². The van der Waals surface area contributed by atoms with Gasteiger partial charge in [0.15, 0.2) is 10.9 Å². The molecule has 0 radical (unpaired) electrons. The van der Waals surface area contributed by atoms with E-state index in [0.717, 1.165) is 16.2 Å². The average Bonchev–Trinajstić information content (AvgIpc) is 3.01. The average molecular weight is 351 g/mol. The molecule has 0 unspecified atom stereocenters. The molecule has 2 aromatic carbocycles. The zero-order valence-corrected chi connectivity index (χ0v) is 14.6. The predicted molar refractivity (Wildman–Crippen MR) is 98.0 cm³/mol. The summed E-state index contributed by atoms with van der Waals surface area (Å²) in [7, 11) is 1.56. The Bertz CT molecular complexity index is 943. The topological polar surface area (TPSA) is 67.9 Å². The van der Waals surface area contributed by atoms with Gasteiger partial charge in [0.25, 0.3) is 0 Å². The van der Waals surface area contributed by atoms with Crippen molar-refractivity contribution >= 4 is 28.6 Å². The lowest BCUT2D eigenvalue weighted by Crippen LogP contribution is -2.06. The number of Topliss-reactive ketones (excluding diaryl/α,β-unsaturated/α-hetero) is 1. The first-order valence-electron chi connectivity index (χ1n) is 7.86. The zero-order chi connectivity index (χ0) is 17.6. The van der Waals surface area contributed by atoms with Crippen molar-refractivity contribution in [1.82, 2.24) is 9.55 Å². The monoisotopic (exact) mass is 351 g/mol. The molecular weight excluding hydrogens is 334 g/mol. The smallest absolute Gasteiger partial charge is 0.176 e. The number of ketones is 1. The summed E-state index contributed by atoms with van der Waals surface area (Å²) >= 11 is 1.38.